The largest absolute Gasteiger partial charge is 0.507 e. The molecule has 1 aromatic carbocycles. The number of nitrogens with zero attached hydrogens (tertiary/aromatic N) is 1. The van der Waals surface area contributed by atoms with Gasteiger partial charge in [-0.05, 0) is 98.7 Å². The molecule has 0 radical (unpaired) electrons. The van der Waals surface area contributed by atoms with Crippen LogP contribution in [0.2, 0.25) is 0 Å². The lowest BCUT2D eigenvalue weighted by Crippen LogP contribution is -2.56. The maximum Gasteiger partial charge on any atom is 0.124 e. The summed E-state index contributed by atoms with van der Waals surface area (Å²) in [7, 11) is 0. The molecule has 170 valence electrons. The van der Waals surface area contributed by atoms with Gasteiger partial charge in [0.2, 0.25) is 0 Å². The topological polar surface area (TPSA) is 52.8 Å². The lowest BCUT2D eigenvalue weighted by Gasteiger charge is -2.61. The second-order valence-electron chi connectivity index (χ2n) is 11.6. The fraction of sp³-hybridized carbons (Fsp3) is 0.741. The molecule has 0 amide bonds. The van der Waals surface area contributed by atoms with E-state index in [2.05, 4.69) is 34.8 Å². The van der Waals surface area contributed by atoms with Crippen LogP contribution in [0.15, 0.2) is 27.7 Å². The van der Waals surface area contributed by atoms with Crippen LogP contribution in [0.4, 0.5) is 0 Å². The highest BCUT2D eigenvalue weighted by atomic mass is 79.9. The Morgan fingerprint density at radius 3 is 2.68 bits per heavy atom. The molecule has 1 aromatic rings. The van der Waals surface area contributed by atoms with Crippen LogP contribution in [-0.2, 0) is 0 Å². The van der Waals surface area contributed by atoms with Crippen LogP contribution in [0, 0.1) is 34.5 Å². The third kappa shape index (κ3) is 3.42. The van der Waals surface area contributed by atoms with E-state index in [9.17, 15) is 10.2 Å². The van der Waals surface area contributed by atoms with E-state index >= 15 is 0 Å². The summed E-state index contributed by atoms with van der Waals surface area (Å²) in [6.45, 7) is 5.41. The summed E-state index contributed by atoms with van der Waals surface area (Å²) in [6.07, 6.45) is 14.7. The normalized spacial score (nSPS) is 44.6. The Bertz CT molecular complexity index is 871. The number of phenolic OH excluding ortho intramolecular Hbond substituents is 1. The van der Waals surface area contributed by atoms with Crippen LogP contribution in [0.5, 0.6) is 5.75 Å². The minimum atomic E-state index is -0.731. The van der Waals surface area contributed by atoms with Gasteiger partial charge < -0.3 is 10.2 Å². The molecule has 5 rings (SSSR count). The lowest BCUT2D eigenvalue weighted by molar-refractivity contribution is -0.147. The van der Waals surface area contributed by atoms with Gasteiger partial charge in [0.05, 0.1) is 12.1 Å². The summed E-state index contributed by atoms with van der Waals surface area (Å²) in [5, 5.41) is 22.0. The minimum absolute atomic E-state index is 0.0390. The molecule has 0 aliphatic heterocycles. The second-order valence-corrected chi connectivity index (χ2v) is 12.5. The molecule has 7 atom stereocenters. The Morgan fingerprint density at radius 2 is 1.84 bits per heavy atom. The smallest absolute Gasteiger partial charge is 0.124 e. The van der Waals surface area contributed by atoms with Crippen LogP contribution in [0.25, 0.3) is 0 Å². The highest BCUT2D eigenvalue weighted by Gasteiger charge is 2.64. The monoisotopic (exact) mass is 487 g/mol. The zero-order valence-electron chi connectivity index (χ0n) is 19.1. The average molecular weight is 489 g/mol. The SMILES string of the molecule is C[C@]12CCCC[C@@H]1CC[C@@H]1[C@@H]2CC[C@@]2(C)[C@H]1CC[C@@]2(O)CN=Cc1cc(Br)ccc1O. The first-order chi connectivity index (χ1) is 14.8. The Balaban J connectivity index is 1.35. The van der Waals surface area contributed by atoms with Gasteiger partial charge in [0.25, 0.3) is 0 Å². The number of hydrogen-bond donors (Lipinski definition) is 2. The van der Waals surface area contributed by atoms with E-state index in [-0.39, 0.29) is 11.2 Å². The Hall–Kier alpha value is -0.870. The molecule has 0 unspecified atom stereocenters. The standard InChI is InChI=1S/C27H38BrNO2/c1-25-12-4-3-5-19(25)6-8-21-22(25)10-13-26(2)23(21)11-14-27(26,31)17-29-16-18-15-20(28)7-9-24(18)30/h7,9,15-16,19,21-23,30-31H,3-6,8,10-14,17H2,1-2H3/t19-,21-,22+,23+,25+,26+,27-/m1/s1. The van der Waals surface area contributed by atoms with Crippen molar-refractivity contribution in [3.8, 4) is 5.75 Å². The molecule has 4 saturated carbocycles. The summed E-state index contributed by atoms with van der Waals surface area (Å²) in [6, 6.07) is 5.37. The van der Waals surface area contributed by atoms with Crippen molar-refractivity contribution in [2.45, 2.75) is 83.7 Å². The van der Waals surface area contributed by atoms with Gasteiger partial charge in [-0.1, -0.05) is 42.6 Å². The summed E-state index contributed by atoms with van der Waals surface area (Å²) in [4.78, 5) is 4.66. The van der Waals surface area contributed by atoms with Crippen LogP contribution in [0.3, 0.4) is 0 Å². The first-order valence-electron chi connectivity index (χ1n) is 12.5. The Kier molecular flexibility index (Phi) is 5.57. The third-order valence-electron chi connectivity index (χ3n) is 10.5. The highest BCUT2D eigenvalue weighted by molar-refractivity contribution is 9.10. The second kappa shape index (κ2) is 7.87. The van der Waals surface area contributed by atoms with Gasteiger partial charge in [0, 0.05) is 21.7 Å². The number of aliphatic imine (C=N–C) groups is 1. The minimum Gasteiger partial charge on any atom is -0.507 e. The Morgan fingerprint density at radius 1 is 1.03 bits per heavy atom. The van der Waals surface area contributed by atoms with E-state index in [0.717, 1.165) is 41.5 Å². The number of benzene rings is 1. The molecule has 4 aliphatic carbocycles. The van der Waals surface area contributed by atoms with Crippen molar-refractivity contribution in [3.63, 3.8) is 0 Å². The molecule has 31 heavy (non-hydrogen) atoms. The summed E-state index contributed by atoms with van der Waals surface area (Å²) >= 11 is 3.46. The van der Waals surface area contributed by atoms with Gasteiger partial charge in [-0.15, -0.1) is 0 Å². The maximum absolute atomic E-state index is 11.8. The molecule has 0 saturated heterocycles. The van der Waals surface area contributed by atoms with Crippen molar-refractivity contribution in [1.82, 2.24) is 0 Å². The first-order valence-corrected chi connectivity index (χ1v) is 13.3. The molecule has 0 bridgehead atoms. The van der Waals surface area contributed by atoms with Gasteiger partial charge in [0.15, 0.2) is 0 Å². The third-order valence-corrected chi connectivity index (χ3v) is 11.0. The Labute approximate surface area is 195 Å². The zero-order chi connectivity index (χ0) is 21.9. The van der Waals surface area contributed by atoms with E-state index in [4.69, 9.17) is 0 Å². The van der Waals surface area contributed by atoms with Crippen molar-refractivity contribution in [2.24, 2.45) is 39.5 Å². The lowest BCUT2D eigenvalue weighted by atomic mass is 9.44. The predicted molar refractivity (Wildman–Crippen MR) is 130 cm³/mol. The number of phenols is 1. The van der Waals surface area contributed by atoms with Crippen LogP contribution in [0.1, 0.15) is 83.6 Å². The number of aromatic hydroxyl groups is 1. The van der Waals surface area contributed by atoms with E-state index < -0.39 is 5.60 Å². The maximum atomic E-state index is 11.8. The molecule has 0 heterocycles. The zero-order valence-corrected chi connectivity index (χ0v) is 20.7. The summed E-state index contributed by atoms with van der Waals surface area (Å²) < 4.78 is 0.920. The van der Waals surface area contributed by atoms with Crippen molar-refractivity contribution in [2.75, 3.05) is 6.54 Å². The number of hydrogen-bond acceptors (Lipinski definition) is 3. The predicted octanol–water partition coefficient (Wildman–Crippen LogP) is 6.74. The van der Waals surface area contributed by atoms with Gasteiger partial charge in [0.1, 0.15) is 5.75 Å². The van der Waals surface area contributed by atoms with Gasteiger partial charge >= 0.3 is 0 Å². The summed E-state index contributed by atoms with van der Waals surface area (Å²) in [5.41, 5.74) is 0.470. The molecule has 0 spiro atoms. The number of fused-ring (bicyclic) bond motifs is 5. The molecule has 2 N–H and O–H groups in total. The average Bonchev–Trinajstić information content (AvgIpc) is 3.01. The molecular weight excluding hydrogens is 450 g/mol. The summed E-state index contributed by atoms with van der Waals surface area (Å²) in [5.74, 6) is 3.44. The molecule has 0 aromatic heterocycles. The molecular formula is C27H38BrNO2. The van der Waals surface area contributed by atoms with E-state index in [1.807, 2.05) is 12.1 Å². The highest BCUT2D eigenvalue weighted by Crippen LogP contribution is 2.68. The van der Waals surface area contributed by atoms with Crippen molar-refractivity contribution in [3.05, 3.63) is 28.2 Å². The van der Waals surface area contributed by atoms with Crippen LogP contribution < -0.4 is 0 Å². The quantitative estimate of drug-likeness (QED) is 0.463. The van der Waals surface area contributed by atoms with Gasteiger partial charge in [-0.25, -0.2) is 0 Å². The van der Waals surface area contributed by atoms with E-state index in [0.29, 0.717) is 23.4 Å². The first kappa shape index (κ1) is 21.9. The van der Waals surface area contributed by atoms with Crippen LogP contribution in [-0.4, -0.2) is 28.6 Å². The molecule has 4 aliphatic rings. The van der Waals surface area contributed by atoms with E-state index in [1.54, 1.807) is 12.3 Å². The molecule has 4 fully saturated rings. The van der Waals surface area contributed by atoms with Gasteiger partial charge in [-0.2, -0.15) is 0 Å². The fourth-order valence-corrected chi connectivity index (χ4v) is 8.97. The number of rotatable bonds is 3. The van der Waals surface area contributed by atoms with Crippen molar-refractivity contribution >= 4 is 22.1 Å². The van der Waals surface area contributed by atoms with Gasteiger partial charge in [-0.3, -0.25) is 4.99 Å². The number of halogens is 1. The van der Waals surface area contributed by atoms with Crippen molar-refractivity contribution in [1.29, 1.82) is 0 Å². The molecule has 3 nitrogen and oxygen atoms in total. The number of aliphatic hydroxyl groups is 1. The fourth-order valence-electron chi connectivity index (χ4n) is 8.59. The van der Waals surface area contributed by atoms with Crippen molar-refractivity contribution < 1.29 is 10.2 Å². The molecule has 4 heteroatoms. The van der Waals surface area contributed by atoms with Crippen LogP contribution >= 0.6 is 15.9 Å². The van der Waals surface area contributed by atoms with E-state index in [1.165, 1.54) is 44.9 Å².